The Kier molecular flexibility index (Phi) is 3.14. The second kappa shape index (κ2) is 4.99. The van der Waals surface area contributed by atoms with Crippen LogP contribution in [0.15, 0.2) is 6.07 Å². The highest BCUT2D eigenvalue weighted by Gasteiger charge is 2.32. The van der Waals surface area contributed by atoms with Crippen LogP contribution in [0.1, 0.15) is 68.3 Å². The number of nitrogens with two attached hydrogens (primary N) is 1. The molecule has 2 heterocycles. The van der Waals surface area contributed by atoms with Crippen LogP contribution in [0.25, 0.3) is 0 Å². The minimum absolute atomic E-state index is 0.387. The van der Waals surface area contributed by atoms with Gasteiger partial charge < -0.3 is 10.6 Å². The van der Waals surface area contributed by atoms with E-state index in [9.17, 15) is 0 Å². The van der Waals surface area contributed by atoms with Crippen molar-refractivity contribution in [1.29, 1.82) is 0 Å². The average molecular weight is 272 g/mol. The minimum atomic E-state index is 0.387. The van der Waals surface area contributed by atoms with E-state index in [2.05, 4.69) is 11.0 Å². The summed E-state index contributed by atoms with van der Waals surface area (Å²) in [6, 6.07) is 2.63. The minimum Gasteiger partial charge on any atom is -0.357 e. The van der Waals surface area contributed by atoms with Gasteiger partial charge in [-0.15, -0.1) is 0 Å². The van der Waals surface area contributed by atoms with Crippen molar-refractivity contribution in [3.63, 3.8) is 0 Å². The predicted octanol–water partition coefficient (Wildman–Crippen LogP) is 2.55. The molecule has 108 valence electrons. The lowest BCUT2D eigenvalue weighted by Crippen LogP contribution is -2.36. The summed E-state index contributed by atoms with van der Waals surface area (Å²) in [7, 11) is 0. The fourth-order valence-electron chi connectivity index (χ4n) is 3.39. The molecule has 1 aliphatic heterocycles. The van der Waals surface area contributed by atoms with Crippen molar-refractivity contribution in [2.75, 3.05) is 18.0 Å². The molecule has 3 fully saturated rings. The molecule has 1 aromatic rings. The van der Waals surface area contributed by atoms with E-state index in [1.807, 2.05) is 0 Å². The zero-order valence-electron chi connectivity index (χ0n) is 12.1. The Balaban J connectivity index is 1.62. The molecule has 4 heteroatoms. The number of piperidine rings is 1. The molecule has 2 N–H and O–H groups in total. The predicted molar refractivity (Wildman–Crippen MR) is 80.0 cm³/mol. The molecule has 0 bridgehead atoms. The van der Waals surface area contributed by atoms with Crippen LogP contribution in [-0.2, 0) is 0 Å². The molecule has 0 unspecified atom stereocenters. The fourth-order valence-corrected chi connectivity index (χ4v) is 3.39. The molecule has 4 rings (SSSR count). The van der Waals surface area contributed by atoms with Crippen molar-refractivity contribution < 1.29 is 0 Å². The van der Waals surface area contributed by atoms with Crippen molar-refractivity contribution >= 4 is 5.82 Å². The lowest BCUT2D eigenvalue weighted by molar-refractivity contribution is 0.344. The summed E-state index contributed by atoms with van der Waals surface area (Å²) in [5, 5.41) is 0. The van der Waals surface area contributed by atoms with Gasteiger partial charge in [0.15, 0.2) is 0 Å². The van der Waals surface area contributed by atoms with Gasteiger partial charge in [-0.3, -0.25) is 0 Å². The smallest absolute Gasteiger partial charge is 0.134 e. The first kappa shape index (κ1) is 12.6. The SMILES string of the molecule is NC1CC(c2cc(N3CCCCC3)nc(C3CC3)n2)C1. The molecule has 2 aliphatic carbocycles. The molecule has 4 nitrogen and oxygen atoms in total. The van der Waals surface area contributed by atoms with Crippen molar-refractivity contribution in [3.05, 3.63) is 17.6 Å². The zero-order valence-corrected chi connectivity index (χ0v) is 12.1. The van der Waals surface area contributed by atoms with Crippen LogP contribution >= 0.6 is 0 Å². The molecule has 1 aromatic heterocycles. The maximum absolute atomic E-state index is 5.94. The molecule has 0 radical (unpaired) electrons. The van der Waals surface area contributed by atoms with Gasteiger partial charge in [-0.1, -0.05) is 0 Å². The van der Waals surface area contributed by atoms with Crippen LogP contribution in [0.3, 0.4) is 0 Å². The summed E-state index contributed by atoms with van der Waals surface area (Å²) >= 11 is 0. The van der Waals surface area contributed by atoms with Crippen LogP contribution in [0.4, 0.5) is 5.82 Å². The first-order valence-electron chi connectivity index (χ1n) is 8.19. The molecule has 3 aliphatic rings. The maximum atomic E-state index is 5.94. The van der Waals surface area contributed by atoms with Gasteiger partial charge in [-0.25, -0.2) is 9.97 Å². The highest BCUT2D eigenvalue weighted by molar-refractivity contribution is 5.42. The fraction of sp³-hybridized carbons (Fsp3) is 0.750. The van der Waals surface area contributed by atoms with Crippen molar-refractivity contribution in [2.24, 2.45) is 5.73 Å². The first-order valence-corrected chi connectivity index (χ1v) is 8.19. The summed E-state index contributed by atoms with van der Waals surface area (Å²) in [6.07, 6.45) is 8.70. The van der Waals surface area contributed by atoms with E-state index in [0.717, 1.165) is 31.8 Å². The Bertz CT molecular complexity index is 485. The van der Waals surface area contributed by atoms with Crippen LogP contribution in [-0.4, -0.2) is 29.1 Å². The van der Waals surface area contributed by atoms with Crippen LogP contribution in [0.2, 0.25) is 0 Å². The van der Waals surface area contributed by atoms with E-state index in [-0.39, 0.29) is 0 Å². The molecule has 0 aromatic carbocycles. The summed E-state index contributed by atoms with van der Waals surface area (Å²) in [5.74, 6) is 3.49. The van der Waals surface area contributed by atoms with Gasteiger partial charge in [-0.2, -0.15) is 0 Å². The van der Waals surface area contributed by atoms with E-state index >= 15 is 0 Å². The summed E-state index contributed by atoms with van der Waals surface area (Å²) in [4.78, 5) is 12.2. The summed E-state index contributed by atoms with van der Waals surface area (Å²) in [6.45, 7) is 2.31. The molecule has 2 saturated carbocycles. The molecule has 0 amide bonds. The molecule has 20 heavy (non-hydrogen) atoms. The van der Waals surface area contributed by atoms with Gasteiger partial charge in [0.2, 0.25) is 0 Å². The number of hydrogen-bond acceptors (Lipinski definition) is 4. The highest BCUT2D eigenvalue weighted by Crippen LogP contribution is 2.41. The second-order valence-electron chi connectivity index (χ2n) is 6.76. The van der Waals surface area contributed by atoms with Crippen LogP contribution in [0.5, 0.6) is 0 Å². The quantitative estimate of drug-likeness (QED) is 0.918. The third kappa shape index (κ3) is 2.41. The normalized spacial score (nSPS) is 30.1. The zero-order chi connectivity index (χ0) is 13.5. The van der Waals surface area contributed by atoms with Crippen LogP contribution in [0, 0.1) is 0 Å². The van der Waals surface area contributed by atoms with Gasteiger partial charge in [0, 0.05) is 42.7 Å². The number of anilines is 1. The Morgan fingerprint density at radius 1 is 1.00 bits per heavy atom. The van der Waals surface area contributed by atoms with E-state index in [1.54, 1.807) is 0 Å². The monoisotopic (exact) mass is 272 g/mol. The lowest BCUT2D eigenvalue weighted by Gasteiger charge is -2.33. The number of rotatable bonds is 3. The number of aromatic nitrogens is 2. The van der Waals surface area contributed by atoms with E-state index in [4.69, 9.17) is 15.7 Å². The summed E-state index contributed by atoms with van der Waals surface area (Å²) in [5.41, 5.74) is 7.20. The van der Waals surface area contributed by atoms with Gasteiger partial charge in [0.25, 0.3) is 0 Å². The van der Waals surface area contributed by atoms with Crippen LogP contribution < -0.4 is 10.6 Å². The molecular formula is C16H24N4. The van der Waals surface area contributed by atoms with Crippen molar-refractivity contribution in [3.8, 4) is 0 Å². The molecule has 0 atom stereocenters. The lowest BCUT2D eigenvalue weighted by atomic mass is 9.78. The van der Waals surface area contributed by atoms with E-state index in [0.29, 0.717) is 17.9 Å². The van der Waals surface area contributed by atoms with E-state index in [1.165, 1.54) is 43.6 Å². The first-order chi connectivity index (χ1) is 9.79. The largest absolute Gasteiger partial charge is 0.357 e. The summed E-state index contributed by atoms with van der Waals surface area (Å²) < 4.78 is 0. The Labute approximate surface area is 120 Å². The van der Waals surface area contributed by atoms with Gasteiger partial charge in [-0.05, 0) is 44.9 Å². The molecule has 1 saturated heterocycles. The molecule has 0 spiro atoms. The second-order valence-corrected chi connectivity index (χ2v) is 6.76. The van der Waals surface area contributed by atoms with Gasteiger partial charge in [0.05, 0.1) is 0 Å². The van der Waals surface area contributed by atoms with Gasteiger partial charge >= 0.3 is 0 Å². The molecular weight excluding hydrogens is 248 g/mol. The standard InChI is InChI=1S/C16H24N4/c17-13-8-12(9-13)14-10-15(20-6-2-1-3-7-20)19-16(18-14)11-4-5-11/h10-13H,1-9,17H2. The third-order valence-corrected chi connectivity index (χ3v) is 4.97. The van der Waals surface area contributed by atoms with E-state index < -0.39 is 0 Å². The highest BCUT2D eigenvalue weighted by atomic mass is 15.2. The topological polar surface area (TPSA) is 55.0 Å². The number of nitrogens with zero attached hydrogens (tertiary/aromatic N) is 3. The number of hydrogen-bond donors (Lipinski definition) is 1. The van der Waals surface area contributed by atoms with Crippen molar-refractivity contribution in [1.82, 2.24) is 9.97 Å². The third-order valence-electron chi connectivity index (χ3n) is 4.97. The maximum Gasteiger partial charge on any atom is 0.134 e. The Morgan fingerprint density at radius 3 is 2.40 bits per heavy atom. The Morgan fingerprint density at radius 2 is 1.75 bits per heavy atom. The Hall–Kier alpha value is -1.16. The average Bonchev–Trinajstić information content (AvgIpc) is 3.29. The van der Waals surface area contributed by atoms with Crippen molar-refractivity contribution in [2.45, 2.75) is 62.8 Å². The van der Waals surface area contributed by atoms with Gasteiger partial charge in [0.1, 0.15) is 11.6 Å².